The van der Waals surface area contributed by atoms with Gasteiger partial charge in [0.1, 0.15) is 17.4 Å². The third-order valence-electron chi connectivity index (χ3n) is 2.97. The van der Waals surface area contributed by atoms with E-state index in [0.29, 0.717) is 11.4 Å². The molecule has 0 aliphatic rings. The van der Waals surface area contributed by atoms with Crippen LogP contribution in [0.2, 0.25) is 0 Å². The number of methoxy groups -OCH3 is 1. The number of benzene rings is 2. The van der Waals surface area contributed by atoms with Crippen LogP contribution in [0.5, 0.6) is 5.75 Å². The van der Waals surface area contributed by atoms with Crippen LogP contribution >= 0.6 is 0 Å². The fourth-order valence-electron chi connectivity index (χ4n) is 1.79. The molecule has 0 spiro atoms. The lowest BCUT2D eigenvalue weighted by atomic mass is 10.1. The van der Waals surface area contributed by atoms with E-state index in [4.69, 9.17) is 10.00 Å². The van der Waals surface area contributed by atoms with Gasteiger partial charge < -0.3 is 10.1 Å². The topological polar surface area (TPSA) is 62.1 Å². The van der Waals surface area contributed by atoms with Gasteiger partial charge in [0.25, 0.3) is 5.91 Å². The Hall–Kier alpha value is -3.20. The number of amides is 1. The van der Waals surface area contributed by atoms with Gasteiger partial charge >= 0.3 is 0 Å². The van der Waals surface area contributed by atoms with E-state index in [-0.39, 0.29) is 11.1 Å². The average Bonchev–Trinajstić information content (AvgIpc) is 2.56. The molecule has 0 fully saturated rings. The Kier molecular flexibility index (Phi) is 5.05. The monoisotopic (exact) mass is 314 g/mol. The lowest BCUT2D eigenvalue weighted by molar-refractivity contribution is -0.112. The molecule has 6 heteroatoms. The van der Waals surface area contributed by atoms with Gasteiger partial charge in [0.05, 0.1) is 7.11 Å². The van der Waals surface area contributed by atoms with Crippen molar-refractivity contribution in [3.05, 3.63) is 65.2 Å². The molecule has 116 valence electrons. The van der Waals surface area contributed by atoms with E-state index in [1.54, 1.807) is 30.3 Å². The molecule has 0 aliphatic heterocycles. The van der Waals surface area contributed by atoms with E-state index in [9.17, 15) is 13.6 Å². The van der Waals surface area contributed by atoms with Crippen LogP contribution < -0.4 is 10.1 Å². The number of halogens is 2. The lowest BCUT2D eigenvalue weighted by Gasteiger charge is -2.05. The minimum absolute atomic E-state index is 0.213. The molecular formula is C17H12F2N2O2. The predicted octanol–water partition coefficient (Wildman–Crippen LogP) is 3.52. The van der Waals surface area contributed by atoms with Crippen molar-refractivity contribution in [2.24, 2.45) is 0 Å². The summed E-state index contributed by atoms with van der Waals surface area (Å²) in [4.78, 5) is 12.1. The molecule has 0 aliphatic carbocycles. The van der Waals surface area contributed by atoms with Crippen molar-refractivity contribution in [3.63, 3.8) is 0 Å². The van der Waals surface area contributed by atoms with Crippen LogP contribution in [-0.4, -0.2) is 13.0 Å². The Labute approximate surface area is 131 Å². The SMILES string of the molecule is COc1ccc(NC(=O)/C(C#N)=C/c2ccc(F)c(F)c2)cc1. The zero-order valence-electron chi connectivity index (χ0n) is 12.1. The first-order chi connectivity index (χ1) is 11.0. The molecule has 0 aromatic heterocycles. The Bertz CT molecular complexity index is 793. The standard InChI is InChI=1S/C17H12F2N2O2/c1-23-14-5-3-13(4-6-14)21-17(22)12(10-20)8-11-2-7-15(18)16(19)9-11/h2-9H,1H3,(H,21,22)/b12-8+. The van der Waals surface area contributed by atoms with Gasteiger partial charge in [-0.05, 0) is 48.0 Å². The van der Waals surface area contributed by atoms with E-state index < -0.39 is 17.5 Å². The largest absolute Gasteiger partial charge is 0.497 e. The summed E-state index contributed by atoms with van der Waals surface area (Å²) in [5.74, 6) is -2.07. The summed E-state index contributed by atoms with van der Waals surface area (Å²) in [5.41, 5.74) is 0.458. The molecule has 0 bridgehead atoms. The van der Waals surface area contributed by atoms with Crippen LogP contribution in [0.15, 0.2) is 48.0 Å². The quantitative estimate of drug-likeness (QED) is 0.694. The van der Waals surface area contributed by atoms with Crippen LogP contribution in [0.3, 0.4) is 0 Å². The second-order valence-corrected chi connectivity index (χ2v) is 4.53. The second-order valence-electron chi connectivity index (χ2n) is 4.53. The first kappa shape index (κ1) is 16.2. The third kappa shape index (κ3) is 4.14. The van der Waals surface area contributed by atoms with Crippen LogP contribution in [0.25, 0.3) is 6.08 Å². The number of hydrogen-bond acceptors (Lipinski definition) is 3. The number of nitrogens with one attached hydrogen (secondary N) is 1. The molecule has 1 N–H and O–H groups in total. The zero-order chi connectivity index (χ0) is 16.8. The first-order valence-corrected chi connectivity index (χ1v) is 6.55. The minimum atomic E-state index is -1.05. The highest BCUT2D eigenvalue weighted by Gasteiger charge is 2.10. The highest BCUT2D eigenvalue weighted by Crippen LogP contribution is 2.17. The summed E-state index contributed by atoms with van der Waals surface area (Å²) >= 11 is 0. The maximum atomic E-state index is 13.2. The van der Waals surface area contributed by atoms with Crippen molar-refractivity contribution in [3.8, 4) is 11.8 Å². The minimum Gasteiger partial charge on any atom is -0.497 e. The van der Waals surface area contributed by atoms with Crippen molar-refractivity contribution in [1.29, 1.82) is 5.26 Å². The van der Waals surface area contributed by atoms with Crippen molar-refractivity contribution >= 4 is 17.7 Å². The second kappa shape index (κ2) is 7.18. The molecule has 23 heavy (non-hydrogen) atoms. The maximum Gasteiger partial charge on any atom is 0.266 e. The van der Waals surface area contributed by atoms with Gasteiger partial charge in [-0.1, -0.05) is 6.07 Å². The van der Waals surface area contributed by atoms with Gasteiger partial charge in [-0.3, -0.25) is 4.79 Å². The van der Waals surface area contributed by atoms with E-state index in [1.807, 2.05) is 0 Å². The number of anilines is 1. The highest BCUT2D eigenvalue weighted by atomic mass is 19.2. The number of hydrogen-bond donors (Lipinski definition) is 1. The molecule has 0 heterocycles. The van der Waals surface area contributed by atoms with Gasteiger partial charge in [-0.15, -0.1) is 0 Å². The Morgan fingerprint density at radius 2 is 1.87 bits per heavy atom. The van der Waals surface area contributed by atoms with Gasteiger partial charge in [-0.2, -0.15) is 5.26 Å². The summed E-state index contributed by atoms with van der Waals surface area (Å²) in [7, 11) is 1.52. The summed E-state index contributed by atoms with van der Waals surface area (Å²) in [5, 5.41) is 11.6. The van der Waals surface area contributed by atoms with E-state index >= 15 is 0 Å². The Morgan fingerprint density at radius 3 is 2.43 bits per heavy atom. The van der Waals surface area contributed by atoms with Crippen LogP contribution in [0.4, 0.5) is 14.5 Å². The third-order valence-corrected chi connectivity index (χ3v) is 2.97. The molecule has 0 saturated carbocycles. The fraction of sp³-hybridized carbons (Fsp3) is 0.0588. The summed E-state index contributed by atoms with van der Waals surface area (Å²) in [6, 6.07) is 11.4. The fourth-order valence-corrected chi connectivity index (χ4v) is 1.79. The van der Waals surface area contributed by atoms with Crippen molar-refractivity contribution in [2.45, 2.75) is 0 Å². The summed E-state index contributed by atoms with van der Waals surface area (Å²) in [6.07, 6.45) is 1.18. The number of ether oxygens (including phenoxy) is 1. The van der Waals surface area contributed by atoms with Crippen LogP contribution in [-0.2, 0) is 4.79 Å². The Balaban J connectivity index is 2.18. The van der Waals surface area contributed by atoms with E-state index in [1.165, 1.54) is 19.3 Å². The summed E-state index contributed by atoms with van der Waals surface area (Å²) in [6.45, 7) is 0. The predicted molar refractivity (Wildman–Crippen MR) is 81.6 cm³/mol. The van der Waals surface area contributed by atoms with Crippen LogP contribution in [0, 0.1) is 23.0 Å². The molecule has 2 aromatic carbocycles. The highest BCUT2D eigenvalue weighted by molar-refractivity contribution is 6.09. The number of nitrogens with zero attached hydrogens (tertiary/aromatic N) is 1. The maximum absolute atomic E-state index is 13.2. The molecule has 2 rings (SSSR count). The van der Waals surface area contributed by atoms with Crippen molar-refractivity contribution in [2.75, 3.05) is 12.4 Å². The molecule has 0 atom stereocenters. The smallest absolute Gasteiger partial charge is 0.266 e. The van der Waals surface area contributed by atoms with Crippen LogP contribution in [0.1, 0.15) is 5.56 Å². The average molecular weight is 314 g/mol. The van der Waals surface area contributed by atoms with Gasteiger partial charge in [-0.25, -0.2) is 8.78 Å². The molecular weight excluding hydrogens is 302 g/mol. The lowest BCUT2D eigenvalue weighted by Crippen LogP contribution is -2.13. The Morgan fingerprint density at radius 1 is 1.17 bits per heavy atom. The van der Waals surface area contributed by atoms with Crippen molar-refractivity contribution < 1.29 is 18.3 Å². The molecule has 0 radical (unpaired) electrons. The molecule has 0 unspecified atom stereocenters. The van der Waals surface area contributed by atoms with E-state index in [0.717, 1.165) is 12.1 Å². The number of nitriles is 1. The summed E-state index contributed by atoms with van der Waals surface area (Å²) < 4.78 is 31.0. The van der Waals surface area contributed by atoms with Gasteiger partial charge in [0.15, 0.2) is 11.6 Å². The normalized spacial score (nSPS) is 10.8. The van der Waals surface area contributed by atoms with E-state index in [2.05, 4.69) is 5.32 Å². The molecule has 4 nitrogen and oxygen atoms in total. The van der Waals surface area contributed by atoms with Crippen molar-refractivity contribution in [1.82, 2.24) is 0 Å². The number of carbonyl (C=O) groups excluding carboxylic acids is 1. The molecule has 0 saturated heterocycles. The first-order valence-electron chi connectivity index (χ1n) is 6.55. The number of carbonyl (C=O) groups is 1. The number of rotatable bonds is 4. The van der Waals surface area contributed by atoms with Gasteiger partial charge in [0, 0.05) is 5.69 Å². The van der Waals surface area contributed by atoms with Gasteiger partial charge in [0.2, 0.25) is 0 Å². The molecule has 1 amide bonds. The molecule has 2 aromatic rings. The zero-order valence-corrected chi connectivity index (χ0v) is 12.1.